The molecule has 23 heavy (non-hydrogen) atoms. The number of amides is 1. The lowest BCUT2D eigenvalue weighted by atomic mass is 10.00. The summed E-state index contributed by atoms with van der Waals surface area (Å²) in [6, 6.07) is -1.07. The van der Waals surface area contributed by atoms with Crippen LogP contribution in [0, 0.1) is 12.8 Å². The van der Waals surface area contributed by atoms with Gasteiger partial charge in [0.25, 0.3) is 0 Å². The molecule has 1 amide bonds. The summed E-state index contributed by atoms with van der Waals surface area (Å²) >= 11 is 0. The van der Waals surface area contributed by atoms with Gasteiger partial charge in [-0.25, -0.2) is 14.6 Å². The number of rotatable bonds is 3. The van der Waals surface area contributed by atoms with Crippen molar-refractivity contribution in [2.75, 3.05) is 0 Å². The van der Waals surface area contributed by atoms with E-state index in [1.54, 1.807) is 27.1 Å². The lowest BCUT2D eigenvalue weighted by molar-refractivity contribution is -0.142. The van der Waals surface area contributed by atoms with Gasteiger partial charge in [-0.2, -0.15) is 0 Å². The zero-order valence-electron chi connectivity index (χ0n) is 14.3. The molecule has 1 aliphatic rings. The number of carbonyl (C=O) groups is 2. The number of hydrogen-bond acceptors (Lipinski definition) is 4. The van der Waals surface area contributed by atoms with E-state index < -0.39 is 23.7 Å². The Hall–Kier alpha value is -2.05. The Bertz CT molecular complexity index is 590. The Morgan fingerprint density at radius 1 is 1.43 bits per heavy atom. The first-order valence-electron chi connectivity index (χ1n) is 7.81. The molecule has 1 aromatic rings. The normalized spacial score (nSPS) is 24.7. The highest BCUT2D eigenvalue weighted by atomic mass is 16.6. The fraction of sp³-hybridized carbons (Fsp3) is 0.688. The van der Waals surface area contributed by atoms with Crippen molar-refractivity contribution in [1.82, 2.24) is 14.5 Å². The SMILES string of the molecule is Cc1cn(C[C@H]2CC(C(=O)O)N(C(=O)OC(C)(C)C)[C@@H]2C)cn1. The summed E-state index contributed by atoms with van der Waals surface area (Å²) in [6.07, 6.45) is 3.49. The van der Waals surface area contributed by atoms with Crippen molar-refractivity contribution in [3.8, 4) is 0 Å². The lowest BCUT2D eigenvalue weighted by Crippen LogP contribution is -2.47. The van der Waals surface area contributed by atoms with Gasteiger partial charge >= 0.3 is 12.1 Å². The molecule has 1 fully saturated rings. The number of carboxylic acid groups (broad SMARTS) is 1. The van der Waals surface area contributed by atoms with E-state index in [0.717, 1.165) is 5.69 Å². The molecular weight excluding hydrogens is 298 g/mol. The number of ether oxygens (including phenoxy) is 1. The minimum absolute atomic E-state index is 0.0391. The van der Waals surface area contributed by atoms with Crippen LogP contribution in [0.1, 0.15) is 39.8 Å². The fourth-order valence-corrected chi connectivity index (χ4v) is 3.01. The Morgan fingerprint density at radius 3 is 2.57 bits per heavy atom. The van der Waals surface area contributed by atoms with E-state index in [9.17, 15) is 14.7 Å². The van der Waals surface area contributed by atoms with Crippen LogP contribution in [0.5, 0.6) is 0 Å². The van der Waals surface area contributed by atoms with Crippen molar-refractivity contribution in [3.05, 3.63) is 18.2 Å². The number of nitrogens with zero attached hydrogens (tertiary/aromatic N) is 3. The monoisotopic (exact) mass is 323 g/mol. The summed E-state index contributed by atoms with van der Waals surface area (Å²) in [7, 11) is 0. The van der Waals surface area contributed by atoms with Crippen molar-refractivity contribution in [2.45, 2.75) is 65.3 Å². The summed E-state index contributed by atoms with van der Waals surface area (Å²) in [5, 5.41) is 9.47. The van der Waals surface area contributed by atoms with Crippen molar-refractivity contribution in [1.29, 1.82) is 0 Å². The number of likely N-dealkylation sites (tertiary alicyclic amines) is 1. The van der Waals surface area contributed by atoms with Crippen molar-refractivity contribution >= 4 is 12.1 Å². The van der Waals surface area contributed by atoms with Crippen LogP contribution >= 0.6 is 0 Å². The first-order chi connectivity index (χ1) is 10.6. The van der Waals surface area contributed by atoms with Crippen LogP contribution in [-0.2, 0) is 16.1 Å². The molecule has 0 saturated carbocycles. The third-order valence-corrected chi connectivity index (χ3v) is 4.08. The van der Waals surface area contributed by atoms with E-state index >= 15 is 0 Å². The molecule has 0 radical (unpaired) electrons. The second-order valence-electron chi connectivity index (χ2n) is 7.19. The number of aryl methyl sites for hydroxylation is 1. The van der Waals surface area contributed by atoms with Crippen LogP contribution in [0.4, 0.5) is 4.79 Å². The van der Waals surface area contributed by atoms with Gasteiger partial charge in [0.2, 0.25) is 0 Å². The number of carboxylic acids is 1. The third kappa shape index (κ3) is 4.03. The highest BCUT2D eigenvalue weighted by Crippen LogP contribution is 2.32. The van der Waals surface area contributed by atoms with Gasteiger partial charge in [-0.05, 0) is 47.0 Å². The second-order valence-corrected chi connectivity index (χ2v) is 7.19. The summed E-state index contributed by atoms with van der Waals surface area (Å²) in [6.45, 7) is 9.72. The Kier molecular flexibility index (Phi) is 4.68. The van der Waals surface area contributed by atoms with E-state index in [2.05, 4.69) is 4.98 Å². The number of aliphatic carboxylic acids is 1. The highest BCUT2D eigenvalue weighted by Gasteiger charge is 2.46. The van der Waals surface area contributed by atoms with Gasteiger partial charge in [0.15, 0.2) is 0 Å². The Morgan fingerprint density at radius 2 is 2.09 bits per heavy atom. The topological polar surface area (TPSA) is 84.7 Å². The van der Waals surface area contributed by atoms with Gasteiger partial charge < -0.3 is 14.4 Å². The van der Waals surface area contributed by atoms with Crippen LogP contribution in [0.3, 0.4) is 0 Å². The van der Waals surface area contributed by atoms with Crippen LogP contribution < -0.4 is 0 Å². The zero-order chi connectivity index (χ0) is 17.4. The van der Waals surface area contributed by atoms with Crippen molar-refractivity contribution in [3.63, 3.8) is 0 Å². The highest BCUT2D eigenvalue weighted by molar-refractivity contribution is 5.81. The minimum Gasteiger partial charge on any atom is -0.480 e. The molecule has 128 valence electrons. The standard InChI is InChI=1S/C16H25N3O4/c1-10-7-18(9-17-10)8-12-6-13(14(20)21)19(11(12)2)15(22)23-16(3,4)5/h7,9,11-13H,6,8H2,1-5H3,(H,20,21)/t11-,12-,13?/m1/s1. The van der Waals surface area contributed by atoms with E-state index in [4.69, 9.17) is 4.74 Å². The minimum atomic E-state index is -0.993. The van der Waals surface area contributed by atoms with Gasteiger partial charge in [-0.3, -0.25) is 4.90 Å². The van der Waals surface area contributed by atoms with Gasteiger partial charge in [-0.15, -0.1) is 0 Å². The first kappa shape index (κ1) is 17.3. The molecule has 7 nitrogen and oxygen atoms in total. The molecule has 0 spiro atoms. The van der Waals surface area contributed by atoms with Gasteiger partial charge in [0, 0.05) is 18.8 Å². The molecule has 3 atom stereocenters. The molecular formula is C16H25N3O4. The number of hydrogen-bond donors (Lipinski definition) is 1. The molecule has 2 rings (SSSR count). The largest absolute Gasteiger partial charge is 0.480 e. The number of aromatic nitrogens is 2. The Labute approximate surface area is 136 Å². The van der Waals surface area contributed by atoms with Crippen LogP contribution in [0.2, 0.25) is 0 Å². The van der Waals surface area contributed by atoms with Crippen LogP contribution in [0.15, 0.2) is 12.5 Å². The molecule has 1 unspecified atom stereocenters. The molecule has 1 N–H and O–H groups in total. The molecule has 0 aromatic carbocycles. The fourth-order valence-electron chi connectivity index (χ4n) is 3.01. The maximum atomic E-state index is 12.4. The maximum absolute atomic E-state index is 12.4. The molecule has 1 aliphatic heterocycles. The Balaban J connectivity index is 2.16. The van der Waals surface area contributed by atoms with E-state index in [1.807, 2.05) is 24.6 Å². The van der Waals surface area contributed by atoms with Gasteiger partial charge in [-0.1, -0.05) is 0 Å². The van der Waals surface area contributed by atoms with Crippen molar-refractivity contribution in [2.24, 2.45) is 5.92 Å². The zero-order valence-corrected chi connectivity index (χ0v) is 14.3. The molecule has 1 aromatic heterocycles. The van der Waals surface area contributed by atoms with Crippen LogP contribution in [0.25, 0.3) is 0 Å². The summed E-state index contributed by atoms with van der Waals surface area (Å²) in [5.41, 5.74) is 0.258. The summed E-state index contributed by atoms with van der Waals surface area (Å²) in [5.74, 6) is -0.954. The molecule has 2 heterocycles. The van der Waals surface area contributed by atoms with E-state index in [1.165, 1.54) is 4.90 Å². The quantitative estimate of drug-likeness (QED) is 0.922. The third-order valence-electron chi connectivity index (χ3n) is 4.08. The van der Waals surface area contributed by atoms with E-state index in [-0.39, 0.29) is 12.0 Å². The smallest absolute Gasteiger partial charge is 0.411 e. The molecule has 7 heteroatoms. The predicted octanol–water partition coefficient (Wildman–Crippen LogP) is 2.29. The average Bonchev–Trinajstić information content (AvgIpc) is 2.93. The van der Waals surface area contributed by atoms with Gasteiger partial charge in [0.1, 0.15) is 11.6 Å². The second kappa shape index (κ2) is 6.22. The van der Waals surface area contributed by atoms with Gasteiger partial charge in [0.05, 0.1) is 12.0 Å². The van der Waals surface area contributed by atoms with Crippen molar-refractivity contribution < 1.29 is 19.4 Å². The average molecular weight is 323 g/mol. The molecule has 0 bridgehead atoms. The predicted molar refractivity (Wildman–Crippen MR) is 84.0 cm³/mol. The first-order valence-corrected chi connectivity index (χ1v) is 7.81. The number of carbonyl (C=O) groups excluding carboxylic acids is 1. The van der Waals surface area contributed by atoms with Crippen LogP contribution in [-0.4, -0.2) is 49.3 Å². The summed E-state index contributed by atoms with van der Waals surface area (Å²) < 4.78 is 7.32. The molecule has 0 aliphatic carbocycles. The maximum Gasteiger partial charge on any atom is 0.411 e. The lowest BCUT2D eigenvalue weighted by Gasteiger charge is -2.30. The van der Waals surface area contributed by atoms with E-state index in [0.29, 0.717) is 13.0 Å². The number of imidazole rings is 1. The summed E-state index contributed by atoms with van der Waals surface area (Å²) in [4.78, 5) is 29.5. The molecule has 1 saturated heterocycles.